The molecule has 0 atom stereocenters. The molecule has 98 valence electrons. The molecule has 0 aliphatic carbocycles. The normalized spacial score (nSPS) is 10.2. The summed E-state index contributed by atoms with van der Waals surface area (Å²) in [6, 6.07) is 15.0. The minimum Gasteiger partial charge on any atom is -0.497 e. The maximum Gasteiger partial charge on any atom is 0.141 e. The molecule has 0 heterocycles. The number of ketones is 1. The highest BCUT2D eigenvalue weighted by Crippen LogP contribution is 2.14. The molecule has 19 heavy (non-hydrogen) atoms. The number of Topliss-reactive ketones (excluding diaryl/α,β-unsaturated/α-hetero) is 1. The van der Waals surface area contributed by atoms with Gasteiger partial charge in [-0.2, -0.15) is 0 Å². The summed E-state index contributed by atoms with van der Waals surface area (Å²) < 4.78 is 5.08. The van der Waals surface area contributed by atoms with Crippen LogP contribution in [0.15, 0.2) is 48.5 Å². The van der Waals surface area contributed by atoms with E-state index in [0.717, 1.165) is 16.9 Å². The van der Waals surface area contributed by atoms with Gasteiger partial charge in [0.2, 0.25) is 0 Å². The molecule has 2 rings (SSSR count). The van der Waals surface area contributed by atoms with Gasteiger partial charge in [-0.05, 0) is 35.4 Å². The van der Waals surface area contributed by atoms with Gasteiger partial charge in [0.15, 0.2) is 0 Å². The fourth-order valence-corrected chi connectivity index (χ4v) is 2.12. The molecular formula is C16H15ClO2. The summed E-state index contributed by atoms with van der Waals surface area (Å²) in [6.07, 6.45) is 0.836. The van der Waals surface area contributed by atoms with Crippen molar-refractivity contribution in [2.45, 2.75) is 12.8 Å². The van der Waals surface area contributed by atoms with Gasteiger partial charge in [0.1, 0.15) is 11.5 Å². The fourth-order valence-electron chi connectivity index (χ4n) is 1.91. The molecule has 0 aliphatic rings. The van der Waals surface area contributed by atoms with Crippen LogP contribution in [0, 0.1) is 0 Å². The topological polar surface area (TPSA) is 26.3 Å². The van der Waals surface area contributed by atoms with Crippen molar-refractivity contribution in [3.8, 4) is 5.75 Å². The van der Waals surface area contributed by atoms with E-state index in [1.807, 2.05) is 42.5 Å². The van der Waals surface area contributed by atoms with E-state index in [-0.39, 0.29) is 5.78 Å². The molecule has 2 nitrogen and oxygen atoms in total. The van der Waals surface area contributed by atoms with E-state index in [9.17, 15) is 4.79 Å². The highest BCUT2D eigenvalue weighted by Gasteiger charge is 2.06. The molecule has 0 amide bonds. The van der Waals surface area contributed by atoms with Gasteiger partial charge >= 0.3 is 0 Å². The van der Waals surface area contributed by atoms with Gasteiger partial charge in [0.25, 0.3) is 0 Å². The number of hydrogen-bond acceptors (Lipinski definition) is 2. The summed E-state index contributed by atoms with van der Waals surface area (Å²) in [6.45, 7) is 0. The zero-order chi connectivity index (χ0) is 13.7. The molecule has 0 aromatic heterocycles. The van der Waals surface area contributed by atoms with Crippen molar-refractivity contribution in [1.82, 2.24) is 0 Å². The van der Waals surface area contributed by atoms with E-state index in [0.29, 0.717) is 17.9 Å². The molecule has 3 heteroatoms. The van der Waals surface area contributed by atoms with Crippen molar-refractivity contribution >= 4 is 17.4 Å². The van der Waals surface area contributed by atoms with Gasteiger partial charge in [-0.15, -0.1) is 0 Å². The number of hydrogen-bond donors (Lipinski definition) is 0. The van der Waals surface area contributed by atoms with Crippen LogP contribution in [0.25, 0.3) is 0 Å². The second kappa shape index (κ2) is 6.39. The minimum absolute atomic E-state index is 0.174. The third kappa shape index (κ3) is 4.11. The Morgan fingerprint density at radius 1 is 1.05 bits per heavy atom. The van der Waals surface area contributed by atoms with Crippen molar-refractivity contribution in [3.05, 3.63) is 64.7 Å². The smallest absolute Gasteiger partial charge is 0.141 e. The molecule has 2 aromatic carbocycles. The summed E-state index contributed by atoms with van der Waals surface area (Å²) in [7, 11) is 1.62. The molecule has 0 bridgehead atoms. The maximum atomic E-state index is 12.0. The van der Waals surface area contributed by atoms with E-state index < -0.39 is 0 Å². The summed E-state index contributed by atoms with van der Waals surface area (Å²) in [5.74, 6) is 0.971. The second-order valence-corrected chi connectivity index (χ2v) is 4.81. The number of methoxy groups -OCH3 is 1. The van der Waals surface area contributed by atoms with Crippen LogP contribution in [0.1, 0.15) is 11.1 Å². The van der Waals surface area contributed by atoms with E-state index in [1.54, 1.807) is 13.2 Å². The lowest BCUT2D eigenvalue weighted by Gasteiger charge is -2.04. The molecular weight excluding hydrogens is 260 g/mol. The molecule has 0 fully saturated rings. The Morgan fingerprint density at radius 2 is 1.74 bits per heavy atom. The summed E-state index contributed by atoms with van der Waals surface area (Å²) in [5.41, 5.74) is 1.94. The SMILES string of the molecule is COc1ccc(CC(=O)Cc2cccc(Cl)c2)cc1. The standard InChI is InChI=1S/C16H15ClO2/c1-19-16-7-5-12(6-8-16)10-15(18)11-13-3-2-4-14(17)9-13/h2-9H,10-11H2,1H3. The van der Waals surface area contributed by atoms with E-state index in [4.69, 9.17) is 16.3 Å². The predicted octanol–water partition coefficient (Wildman–Crippen LogP) is 3.70. The zero-order valence-electron chi connectivity index (χ0n) is 10.7. The number of carbonyl (C=O) groups excluding carboxylic acids is 1. The lowest BCUT2D eigenvalue weighted by molar-refractivity contribution is -0.117. The number of ether oxygens (including phenoxy) is 1. The van der Waals surface area contributed by atoms with Crippen LogP contribution in [-0.4, -0.2) is 12.9 Å². The summed E-state index contributed by atoms with van der Waals surface area (Å²) in [5, 5.41) is 0.662. The van der Waals surface area contributed by atoms with Crippen molar-refractivity contribution in [3.63, 3.8) is 0 Å². The number of rotatable bonds is 5. The Hall–Kier alpha value is -1.80. The van der Waals surface area contributed by atoms with Crippen molar-refractivity contribution in [2.24, 2.45) is 0 Å². The Balaban J connectivity index is 1.97. The zero-order valence-corrected chi connectivity index (χ0v) is 11.5. The van der Waals surface area contributed by atoms with Crippen molar-refractivity contribution < 1.29 is 9.53 Å². The summed E-state index contributed by atoms with van der Waals surface area (Å²) >= 11 is 5.90. The van der Waals surface area contributed by atoms with Crippen LogP contribution in [0.3, 0.4) is 0 Å². The van der Waals surface area contributed by atoms with Gasteiger partial charge in [0, 0.05) is 17.9 Å². The average Bonchev–Trinajstić information content (AvgIpc) is 2.39. The van der Waals surface area contributed by atoms with Gasteiger partial charge in [-0.3, -0.25) is 4.79 Å². The first-order chi connectivity index (χ1) is 9.17. The Morgan fingerprint density at radius 3 is 2.37 bits per heavy atom. The molecule has 0 radical (unpaired) electrons. The van der Waals surface area contributed by atoms with Gasteiger partial charge in [0.05, 0.1) is 7.11 Å². The predicted molar refractivity (Wildman–Crippen MR) is 76.9 cm³/mol. The monoisotopic (exact) mass is 274 g/mol. The van der Waals surface area contributed by atoms with Crippen LogP contribution in [0.5, 0.6) is 5.75 Å². The Kier molecular flexibility index (Phi) is 4.58. The first-order valence-electron chi connectivity index (χ1n) is 6.06. The van der Waals surface area contributed by atoms with Gasteiger partial charge in [-0.1, -0.05) is 35.9 Å². The number of benzene rings is 2. The van der Waals surface area contributed by atoms with E-state index in [1.165, 1.54) is 0 Å². The third-order valence-corrected chi connectivity index (χ3v) is 3.09. The first kappa shape index (κ1) is 13.6. The van der Waals surface area contributed by atoms with Crippen LogP contribution in [0.2, 0.25) is 5.02 Å². The van der Waals surface area contributed by atoms with E-state index >= 15 is 0 Å². The number of carbonyl (C=O) groups is 1. The van der Waals surface area contributed by atoms with Gasteiger partial charge in [-0.25, -0.2) is 0 Å². The quantitative estimate of drug-likeness (QED) is 0.831. The lowest BCUT2D eigenvalue weighted by atomic mass is 10.0. The molecule has 0 spiro atoms. The molecule has 0 aliphatic heterocycles. The molecule has 0 saturated heterocycles. The summed E-state index contributed by atoms with van der Waals surface area (Å²) in [4.78, 5) is 12.0. The van der Waals surface area contributed by atoms with Gasteiger partial charge < -0.3 is 4.74 Å². The van der Waals surface area contributed by atoms with E-state index in [2.05, 4.69) is 0 Å². The largest absolute Gasteiger partial charge is 0.497 e. The molecule has 2 aromatic rings. The molecule has 0 saturated carbocycles. The van der Waals surface area contributed by atoms with Crippen molar-refractivity contribution in [1.29, 1.82) is 0 Å². The Bertz CT molecular complexity index is 561. The van der Waals surface area contributed by atoms with Crippen LogP contribution in [0.4, 0.5) is 0 Å². The average molecular weight is 275 g/mol. The number of halogens is 1. The second-order valence-electron chi connectivity index (χ2n) is 4.37. The highest BCUT2D eigenvalue weighted by atomic mass is 35.5. The van der Waals surface area contributed by atoms with Crippen LogP contribution >= 0.6 is 11.6 Å². The highest BCUT2D eigenvalue weighted by molar-refractivity contribution is 6.30. The maximum absolute atomic E-state index is 12.0. The molecule has 0 N–H and O–H groups in total. The minimum atomic E-state index is 0.174. The first-order valence-corrected chi connectivity index (χ1v) is 6.44. The Labute approximate surface area is 118 Å². The van der Waals surface area contributed by atoms with Crippen LogP contribution < -0.4 is 4.74 Å². The third-order valence-electron chi connectivity index (χ3n) is 2.85. The lowest BCUT2D eigenvalue weighted by Crippen LogP contribution is -2.06. The van der Waals surface area contributed by atoms with Crippen LogP contribution in [-0.2, 0) is 17.6 Å². The van der Waals surface area contributed by atoms with Crippen molar-refractivity contribution in [2.75, 3.05) is 7.11 Å². The molecule has 0 unspecified atom stereocenters. The fraction of sp³-hybridized carbons (Fsp3) is 0.188.